The van der Waals surface area contributed by atoms with E-state index in [0.29, 0.717) is 12.4 Å². The van der Waals surface area contributed by atoms with Gasteiger partial charge in [0.2, 0.25) is 0 Å². The zero-order valence-corrected chi connectivity index (χ0v) is 19.7. The molecule has 6 heteroatoms. The molecule has 0 aromatic heterocycles. The molecular weight excluding hydrogens is 402 g/mol. The molecule has 0 N–H and O–H groups in total. The molecule has 1 amide bonds. The summed E-state index contributed by atoms with van der Waals surface area (Å²) in [4.78, 5) is 22.4. The van der Waals surface area contributed by atoms with Crippen LogP contribution in [0.2, 0.25) is 0 Å². The molecular formula is C26H39N3O3. The molecule has 4 rings (SSSR count). The van der Waals surface area contributed by atoms with E-state index in [9.17, 15) is 4.79 Å². The minimum absolute atomic E-state index is 0.0783. The van der Waals surface area contributed by atoms with Crippen molar-refractivity contribution < 1.29 is 14.4 Å². The fraction of sp³-hybridized carbons (Fsp3) is 0.692. The van der Waals surface area contributed by atoms with Crippen molar-refractivity contribution in [3.63, 3.8) is 0 Å². The van der Waals surface area contributed by atoms with Crippen LogP contribution in [0.1, 0.15) is 70.3 Å². The van der Waals surface area contributed by atoms with Crippen LogP contribution in [0.3, 0.4) is 0 Å². The molecule has 0 bridgehead atoms. The van der Waals surface area contributed by atoms with Crippen LogP contribution in [0.15, 0.2) is 29.4 Å². The number of hydrogen-bond donors (Lipinski definition) is 0. The molecule has 1 saturated carbocycles. The van der Waals surface area contributed by atoms with Gasteiger partial charge in [-0.25, -0.2) is 0 Å². The second kappa shape index (κ2) is 11.2. The van der Waals surface area contributed by atoms with Crippen LogP contribution in [-0.2, 0) is 9.63 Å². The molecule has 1 spiro atoms. The first kappa shape index (κ1) is 23.1. The highest BCUT2D eigenvalue weighted by molar-refractivity contribution is 6.00. The summed E-state index contributed by atoms with van der Waals surface area (Å²) in [6, 6.07) is 7.81. The predicted molar refractivity (Wildman–Crippen MR) is 127 cm³/mol. The first-order chi connectivity index (χ1) is 15.7. The van der Waals surface area contributed by atoms with E-state index in [1.54, 1.807) is 0 Å². The second-order valence-corrected chi connectivity index (χ2v) is 9.67. The van der Waals surface area contributed by atoms with Crippen LogP contribution in [0.4, 0.5) is 0 Å². The van der Waals surface area contributed by atoms with E-state index in [1.165, 1.54) is 45.2 Å². The van der Waals surface area contributed by atoms with Crippen molar-refractivity contribution in [1.29, 1.82) is 0 Å². The molecule has 2 heterocycles. The number of likely N-dealkylation sites (tertiary alicyclic amines) is 2. The lowest BCUT2D eigenvalue weighted by Gasteiger charge is -2.31. The molecule has 1 aromatic rings. The largest absolute Gasteiger partial charge is 0.484 e. The molecule has 3 fully saturated rings. The lowest BCUT2D eigenvalue weighted by Crippen LogP contribution is -2.38. The van der Waals surface area contributed by atoms with Gasteiger partial charge in [0.05, 0.1) is 5.71 Å². The van der Waals surface area contributed by atoms with Gasteiger partial charge in [-0.1, -0.05) is 12.1 Å². The summed E-state index contributed by atoms with van der Waals surface area (Å²) in [5.41, 5.74) is 2.72. The van der Waals surface area contributed by atoms with Crippen molar-refractivity contribution in [2.45, 2.75) is 64.7 Å². The van der Waals surface area contributed by atoms with Crippen LogP contribution < -0.4 is 4.74 Å². The minimum Gasteiger partial charge on any atom is -0.484 e. The van der Waals surface area contributed by atoms with Gasteiger partial charge in [0.15, 0.2) is 6.61 Å². The number of oxime groups is 1. The van der Waals surface area contributed by atoms with Gasteiger partial charge in [-0.15, -0.1) is 0 Å². The Morgan fingerprint density at radius 3 is 2.38 bits per heavy atom. The average molecular weight is 442 g/mol. The summed E-state index contributed by atoms with van der Waals surface area (Å²) in [7, 11) is 0. The minimum atomic E-state index is 0.0783. The van der Waals surface area contributed by atoms with Gasteiger partial charge in [-0.2, -0.15) is 0 Å². The third-order valence-corrected chi connectivity index (χ3v) is 7.35. The Kier molecular flexibility index (Phi) is 8.06. The van der Waals surface area contributed by atoms with Crippen molar-refractivity contribution >= 4 is 11.6 Å². The Morgan fingerprint density at radius 1 is 1.00 bits per heavy atom. The highest BCUT2D eigenvalue weighted by atomic mass is 16.6. The van der Waals surface area contributed by atoms with E-state index in [4.69, 9.17) is 9.57 Å². The SMILES string of the molecule is CC/C(=N/OCCCN1CCC2(CC1)CC2)c1ccc(OCC(=O)N2CCCCC2)cc1. The molecule has 0 atom stereocenters. The number of piperidine rings is 2. The van der Waals surface area contributed by atoms with Crippen LogP contribution in [-0.4, -0.2) is 67.4 Å². The number of ether oxygens (including phenoxy) is 1. The summed E-state index contributed by atoms with van der Waals surface area (Å²) >= 11 is 0. The van der Waals surface area contributed by atoms with Crippen molar-refractivity contribution in [1.82, 2.24) is 9.80 Å². The van der Waals surface area contributed by atoms with Gasteiger partial charge in [0, 0.05) is 19.6 Å². The summed E-state index contributed by atoms with van der Waals surface area (Å²) < 4.78 is 5.71. The van der Waals surface area contributed by atoms with Crippen LogP contribution >= 0.6 is 0 Å². The maximum Gasteiger partial charge on any atom is 0.260 e. The summed E-state index contributed by atoms with van der Waals surface area (Å²) in [6.07, 6.45) is 10.9. The fourth-order valence-electron chi connectivity index (χ4n) is 4.85. The Morgan fingerprint density at radius 2 is 1.72 bits per heavy atom. The topological polar surface area (TPSA) is 54.4 Å². The van der Waals surface area contributed by atoms with Gasteiger partial charge in [0.25, 0.3) is 5.91 Å². The number of benzene rings is 1. The molecule has 2 aliphatic heterocycles. The predicted octanol–water partition coefficient (Wildman–Crippen LogP) is 4.47. The Labute approximate surface area is 192 Å². The van der Waals surface area contributed by atoms with Gasteiger partial charge in [-0.3, -0.25) is 4.79 Å². The van der Waals surface area contributed by atoms with Gasteiger partial charge >= 0.3 is 0 Å². The third-order valence-electron chi connectivity index (χ3n) is 7.35. The van der Waals surface area contributed by atoms with Crippen LogP contribution in [0.25, 0.3) is 0 Å². The molecule has 0 radical (unpaired) electrons. The van der Waals surface area contributed by atoms with E-state index in [-0.39, 0.29) is 12.5 Å². The number of carbonyl (C=O) groups excluding carboxylic acids is 1. The van der Waals surface area contributed by atoms with E-state index in [2.05, 4.69) is 17.0 Å². The highest BCUT2D eigenvalue weighted by Gasteiger charge is 2.44. The van der Waals surface area contributed by atoms with Gasteiger partial charge in [0.1, 0.15) is 12.4 Å². The quantitative estimate of drug-likeness (QED) is 0.305. The number of rotatable bonds is 10. The molecule has 3 aliphatic rings. The van der Waals surface area contributed by atoms with Crippen molar-refractivity contribution in [3.8, 4) is 5.75 Å². The Bertz CT molecular complexity index is 757. The lowest BCUT2D eigenvalue weighted by molar-refractivity contribution is -0.134. The fourth-order valence-corrected chi connectivity index (χ4v) is 4.85. The first-order valence-electron chi connectivity index (χ1n) is 12.6. The number of hydrogen-bond acceptors (Lipinski definition) is 5. The van der Waals surface area contributed by atoms with Gasteiger partial charge < -0.3 is 19.4 Å². The Hall–Kier alpha value is -2.08. The molecule has 0 unspecified atom stereocenters. The van der Waals surface area contributed by atoms with Gasteiger partial charge in [-0.05, 0) is 106 Å². The van der Waals surface area contributed by atoms with E-state index >= 15 is 0 Å². The number of nitrogens with zero attached hydrogens (tertiary/aromatic N) is 3. The lowest BCUT2D eigenvalue weighted by atomic mass is 9.94. The van der Waals surface area contributed by atoms with Crippen LogP contribution in [0, 0.1) is 5.41 Å². The first-order valence-corrected chi connectivity index (χ1v) is 12.6. The maximum atomic E-state index is 12.3. The van der Waals surface area contributed by atoms with E-state index in [1.807, 2.05) is 29.2 Å². The smallest absolute Gasteiger partial charge is 0.260 e. The maximum absolute atomic E-state index is 12.3. The van der Waals surface area contributed by atoms with E-state index < -0.39 is 0 Å². The summed E-state index contributed by atoms with van der Waals surface area (Å²) in [5, 5.41) is 4.39. The average Bonchev–Trinajstić information content (AvgIpc) is 3.61. The Balaban J connectivity index is 1.16. The molecule has 176 valence electrons. The van der Waals surface area contributed by atoms with Crippen molar-refractivity contribution in [3.05, 3.63) is 29.8 Å². The van der Waals surface area contributed by atoms with E-state index in [0.717, 1.165) is 62.0 Å². The monoisotopic (exact) mass is 441 g/mol. The number of carbonyl (C=O) groups is 1. The normalized spacial score (nSPS) is 20.9. The number of amides is 1. The zero-order chi connectivity index (χ0) is 22.2. The summed E-state index contributed by atoms with van der Waals surface area (Å²) in [6.45, 7) is 8.18. The second-order valence-electron chi connectivity index (χ2n) is 9.67. The standard InChI is InChI=1S/C26H39N3O3/c1-2-24(27-32-20-6-15-28-18-13-26(11-12-26)14-19-28)22-7-9-23(10-8-22)31-21-25(30)29-16-4-3-5-17-29/h7-10H,2-6,11-21H2,1H3/b27-24-. The zero-order valence-electron chi connectivity index (χ0n) is 19.7. The molecule has 2 saturated heterocycles. The molecule has 1 aliphatic carbocycles. The highest BCUT2D eigenvalue weighted by Crippen LogP contribution is 2.53. The third kappa shape index (κ3) is 6.47. The molecule has 1 aromatic carbocycles. The molecule has 6 nitrogen and oxygen atoms in total. The van der Waals surface area contributed by atoms with Crippen molar-refractivity contribution in [2.75, 3.05) is 45.9 Å². The van der Waals surface area contributed by atoms with Crippen molar-refractivity contribution in [2.24, 2.45) is 10.6 Å². The summed E-state index contributed by atoms with van der Waals surface area (Å²) in [5.74, 6) is 0.791. The molecule has 32 heavy (non-hydrogen) atoms. The van der Waals surface area contributed by atoms with Crippen LogP contribution in [0.5, 0.6) is 5.75 Å².